The van der Waals surface area contributed by atoms with Gasteiger partial charge < -0.3 is 10.6 Å². The van der Waals surface area contributed by atoms with Crippen molar-refractivity contribution < 1.29 is 9.59 Å². The van der Waals surface area contributed by atoms with E-state index in [0.717, 1.165) is 12.1 Å². The van der Waals surface area contributed by atoms with Gasteiger partial charge in [0.05, 0.1) is 4.83 Å². The van der Waals surface area contributed by atoms with Gasteiger partial charge in [0.25, 0.3) is 0 Å². The summed E-state index contributed by atoms with van der Waals surface area (Å²) >= 11 is 3.31. The first-order valence-corrected chi connectivity index (χ1v) is 5.86. The maximum atomic E-state index is 11.7. The highest BCUT2D eigenvalue weighted by Crippen LogP contribution is 2.25. The minimum atomic E-state index is -0.483. The van der Waals surface area contributed by atoms with E-state index in [-0.39, 0.29) is 10.7 Å². The topological polar surface area (TPSA) is 63.4 Å². The molecule has 1 heterocycles. The van der Waals surface area contributed by atoms with Gasteiger partial charge in [-0.25, -0.2) is 0 Å². The fourth-order valence-electron chi connectivity index (χ4n) is 1.73. The van der Waals surface area contributed by atoms with Crippen molar-refractivity contribution >= 4 is 33.4 Å². The minimum absolute atomic E-state index is 0.0293. The van der Waals surface area contributed by atoms with Gasteiger partial charge in [0.1, 0.15) is 0 Å². The Kier molecular flexibility index (Phi) is 2.96. The fourth-order valence-corrected chi connectivity index (χ4v) is 2.18. The lowest BCUT2D eigenvalue weighted by Crippen LogP contribution is -2.27. The summed E-state index contributed by atoms with van der Waals surface area (Å²) in [6.45, 7) is 0.664. The number of primary amides is 1. The summed E-state index contributed by atoms with van der Waals surface area (Å²) in [5, 5.41) is 0. The van der Waals surface area contributed by atoms with Crippen molar-refractivity contribution in [1.29, 1.82) is 0 Å². The Morgan fingerprint density at radius 2 is 2.25 bits per heavy atom. The van der Waals surface area contributed by atoms with Crippen molar-refractivity contribution in [1.82, 2.24) is 0 Å². The molecule has 0 aromatic heterocycles. The van der Waals surface area contributed by atoms with E-state index in [1.165, 1.54) is 0 Å². The van der Waals surface area contributed by atoms with Gasteiger partial charge in [0.2, 0.25) is 11.8 Å². The van der Waals surface area contributed by atoms with Crippen molar-refractivity contribution in [2.24, 2.45) is 5.73 Å². The summed E-state index contributed by atoms with van der Waals surface area (Å²) in [6.07, 6.45) is 0.777. The third-order valence-corrected chi connectivity index (χ3v) is 3.43. The summed E-state index contributed by atoms with van der Waals surface area (Å²) in [5.74, 6) is -0.453. The second kappa shape index (κ2) is 4.25. The molecule has 0 saturated carbocycles. The number of halogens is 1. The smallest absolute Gasteiger partial charge is 0.248 e. The van der Waals surface area contributed by atoms with Gasteiger partial charge >= 0.3 is 0 Å². The Hall–Kier alpha value is -1.36. The van der Waals surface area contributed by atoms with E-state index in [2.05, 4.69) is 15.9 Å². The minimum Gasteiger partial charge on any atom is -0.366 e. The molecule has 1 aromatic rings. The van der Waals surface area contributed by atoms with E-state index in [1.807, 2.05) is 0 Å². The van der Waals surface area contributed by atoms with Crippen molar-refractivity contribution in [3.05, 3.63) is 29.8 Å². The summed E-state index contributed by atoms with van der Waals surface area (Å²) in [7, 11) is 0. The quantitative estimate of drug-likeness (QED) is 0.831. The van der Waals surface area contributed by atoms with Gasteiger partial charge in [-0.05, 0) is 24.6 Å². The van der Waals surface area contributed by atoms with Crippen molar-refractivity contribution in [3.8, 4) is 0 Å². The third-order valence-electron chi connectivity index (χ3n) is 2.58. The molecule has 0 spiro atoms. The normalized spacial score (nSPS) is 20.2. The van der Waals surface area contributed by atoms with Crippen LogP contribution >= 0.6 is 15.9 Å². The third kappa shape index (κ3) is 1.95. The number of rotatable bonds is 2. The number of nitrogens with two attached hydrogens (primary N) is 1. The van der Waals surface area contributed by atoms with E-state index in [9.17, 15) is 9.59 Å². The van der Waals surface area contributed by atoms with Crippen LogP contribution in [0.15, 0.2) is 24.3 Å². The first-order valence-electron chi connectivity index (χ1n) is 4.95. The lowest BCUT2D eigenvalue weighted by atomic mass is 10.2. The molecule has 2 N–H and O–H groups in total. The van der Waals surface area contributed by atoms with Crippen LogP contribution in [-0.4, -0.2) is 23.2 Å². The zero-order chi connectivity index (χ0) is 11.7. The Bertz CT molecular complexity index is 447. The highest BCUT2D eigenvalue weighted by molar-refractivity contribution is 9.10. The van der Waals surface area contributed by atoms with Crippen LogP contribution in [0.4, 0.5) is 5.69 Å². The molecule has 2 amide bonds. The van der Waals surface area contributed by atoms with Crippen LogP contribution in [0.5, 0.6) is 0 Å². The van der Waals surface area contributed by atoms with Crippen LogP contribution in [-0.2, 0) is 4.79 Å². The van der Waals surface area contributed by atoms with E-state index >= 15 is 0 Å². The Labute approximate surface area is 102 Å². The van der Waals surface area contributed by atoms with Crippen LogP contribution < -0.4 is 10.6 Å². The van der Waals surface area contributed by atoms with Gasteiger partial charge in [-0.3, -0.25) is 9.59 Å². The number of carbonyl (C=O) groups is 2. The SMILES string of the molecule is NC(=O)c1cccc(N2CCC(Br)C2=O)c1. The highest BCUT2D eigenvalue weighted by atomic mass is 79.9. The first-order chi connectivity index (χ1) is 7.59. The molecular weight excluding hydrogens is 272 g/mol. The van der Waals surface area contributed by atoms with Crippen LogP contribution in [0.1, 0.15) is 16.8 Å². The molecule has 1 atom stereocenters. The van der Waals surface area contributed by atoms with Gasteiger partial charge in [0, 0.05) is 17.8 Å². The second-order valence-electron chi connectivity index (χ2n) is 3.66. The summed E-state index contributed by atoms with van der Waals surface area (Å²) in [5.41, 5.74) is 6.34. The lowest BCUT2D eigenvalue weighted by molar-refractivity contribution is -0.116. The molecule has 0 bridgehead atoms. The average Bonchev–Trinajstić information content (AvgIpc) is 2.60. The maximum absolute atomic E-state index is 11.7. The Morgan fingerprint density at radius 1 is 1.50 bits per heavy atom. The number of carbonyl (C=O) groups excluding carboxylic acids is 2. The van der Waals surface area contributed by atoms with Crippen LogP contribution in [0.2, 0.25) is 0 Å². The monoisotopic (exact) mass is 282 g/mol. The lowest BCUT2D eigenvalue weighted by Gasteiger charge is -2.16. The van der Waals surface area contributed by atoms with Crippen molar-refractivity contribution in [3.63, 3.8) is 0 Å². The molecule has 1 aliphatic rings. The Morgan fingerprint density at radius 3 is 2.81 bits per heavy atom. The van der Waals surface area contributed by atoms with Crippen molar-refractivity contribution in [2.45, 2.75) is 11.2 Å². The molecule has 4 nitrogen and oxygen atoms in total. The molecule has 1 aromatic carbocycles. The Balaban J connectivity index is 2.31. The summed E-state index contributed by atoms with van der Waals surface area (Å²) in [6, 6.07) is 6.81. The van der Waals surface area contributed by atoms with Crippen LogP contribution in [0.25, 0.3) is 0 Å². The van der Waals surface area contributed by atoms with E-state index in [4.69, 9.17) is 5.73 Å². The largest absolute Gasteiger partial charge is 0.366 e. The number of hydrogen-bond donors (Lipinski definition) is 1. The first kappa shape index (κ1) is 11.1. The van der Waals surface area contributed by atoms with Crippen molar-refractivity contribution in [2.75, 3.05) is 11.4 Å². The molecule has 1 aliphatic heterocycles. The molecule has 16 heavy (non-hydrogen) atoms. The van der Waals surface area contributed by atoms with E-state index in [0.29, 0.717) is 12.1 Å². The van der Waals surface area contributed by atoms with Gasteiger partial charge in [-0.15, -0.1) is 0 Å². The number of anilines is 1. The zero-order valence-corrected chi connectivity index (χ0v) is 10.1. The molecule has 0 aliphatic carbocycles. The standard InChI is InChI=1S/C11H11BrN2O2/c12-9-4-5-14(11(9)16)8-3-1-2-7(6-8)10(13)15/h1-3,6,9H,4-5H2,(H2,13,15). The zero-order valence-electron chi connectivity index (χ0n) is 8.52. The molecule has 84 valence electrons. The van der Waals surface area contributed by atoms with E-state index in [1.54, 1.807) is 29.2 Å². The maximum Gasteiger partial charge on any atom is 0.248 e. The molecular formula is C11H11BrN2O2. The number of nitrogens with zero attached hydrogens (tertiary/aromatic N) is 1. The number of alkyl halides is 1. The molecule has 1 unspecified atom stereocenters. The predicted octanol–water partition coefficient (Wildman–Crippen LogP) is 1.29. The second-order valence-corrected chi connectivity index (χ2v) is 4.77. The average molecular weight is 283 g/mol. The molecule has 1 fully saturated rings. The predicted molar refractivity (Wildman–Crippen MR) is 64.6 cm³/mol. The summed E-state index contributed by atoms with van der Waals surface area (Å²) < 4.78 is 0. The van der Waals surface area contributed by atoms with Crippen LogP contribution in [0.3, 0.4) is 0 Å². The molecule has 5 heteroatoms. The fraction of sp³-hybridized carbons (Fsp3) is 0.273. The van der Waals surface area contributed by atoms with Gasteiger partial charge in [-0.2, -0.15) is 0 Å². The number of benzene rings is 1. The van der Waals surface area contributed by atoms with Gasteiger partial charge in [-0.1, -0.05) is 22.0 Å². The van der Waals surface area contributed by atoms with E-state index < -0.39 is 5.91 Å². The summed E-state index contributed by atoms with van der Waals surface area (Å²) in [4.78, 5) is 24.3. The number of hydrogen-bond acceptors (Lipinski definition) is 2. The van der Waals surface area contributed by atoms with Crippen LogP contribution in [0, 0.1) is 0 Å². The molecule has 0 radical (unpaired) electrons. The number of amides is 2. The molecule has 1 saturated heterocycles. The van der Waals surface area contributed by atoms with Gasteiger partial charge in [0.15, 0.2) is 0 Å². The molecule has 2 rings (SSSR count). The highest BCUT2D eigenvalue weighted by Gasteiger charge is 2.30.